The first-order chi connectivity index (χ1) is 15.0. The zero-order valence-electron chi connectivity index (χ0n) is 18.2. The number of benzene rings is 1. The first kappa shape index (κ1) is 22.5. The summed E-state index contributed by atoms with van der Waals surface area (Å²) in [6.45, 7) is 7.31. The van der Waals surface area contributed by atoms with Gasteiger partial charge < -0.3 is 19.6 Å². The van der Waals surface area contributed by atoms with E-state index >= 15 is 0 Å². The van der Waals surface area contributed by atoms with Crippen molar-refractivity contribution in [2.45, 2.75) is 26.3 Å². The van der Waals surface area contributed by atoms with Crippen LogP contribution in [0.15, 0.2) is 54.4 Å². The topological polar surface area (TPSA) is 83.0 Å². The number of amides is 1. The summed E-state index contributed by atoms with van der Waals surface area (Å²) in [7, 11) is 1.56. The van der Waals surface area contributed by atoms with E-state index in [1.807, 2.05) is 0 Å². The highest BCUT2D eigenvalue weighted by Crippen LogP contribution is 2.39. The van der Waals surface area contributed by atoms with Gasteiger partial charge in [-0.2, -0.15) is 0 Å². The van der Waals surface area contributed by atoms with Gasteiger partial charge in [0.05, 0.1) is 18.7 Å². The Kier molecular flexibility index (Phi) is 7.41. The molecular weight excluding hydrogens is 394 g/mol. The number of hydrogen-bond donors (Lipinski definition) is 1. The summed E-state index contributed by atoms with van der Waals surface area (Å²) < 4.78 is 5.16. The number of pyridine rings is 1. The van der Waals surface area contributed by atoms with E-state index in [1.165, 1.54) is 0 Å². The fourth-order valence-electron chi connectivity index (χ4n) is 3.91. The number of hydrogen-bond acceptors (Lipinski definition) is 6. The molecule has 31 heavy (non-hydrogen) atoms. The number of likely N-dealkylation sites (tertiary alicyclic amines) is 1. The van der Waals surface area contributed by atoms with E-state index in [2.05, 4.69) is 23.7 Å². The molecule has 1 saturated heterocycles. The molecular formula is C24H29N3O4. The number of rotatable bonds is 9. The summed E-state index contributed by atoms with van der Waals surface area (Å²) in [5, 5.41) is 11.0. The standard InChI is InChI=1S/C24H29N3O4/c1-4-26(5-2)15-6-16-27-21(17-11-13-25-14-12-17)20(23(29)24(27)30)22(28)18-7-9-19(31-3)10-8-18/h7-14,21,28H,4-6,15-16H2,1-3H3/t21-/m0/s1. The number of Topliss-reactive ketones (excluding diaryl/α,β-unsaturated/α-hetero) is 1. The second kappa shape index (κ2) is 10.2. The number of aliphatic hydroxyl groups is 1. The first-order valence-corrected chi connectivity index (χ1v) is 10.6. The molecule has 7 heteroatoms. The number of carbonyl (C=O) groups is 2. The van der Waals surface area contributed by atoms with Crippen LogP contribution in [0.5, 0.6) is 5.75 Å². The van der Waals surface area contributed by atoms with E-state index in [1.54, 1.807) is 60.8 Å². The molecule has 2 heterocycles. The maximum absolute atomic E-state index is 13.0. The quantitative estimate of drug-likeness (QED) is 0.379. The molecule has 1 fully saturated rings. The third-order valence-electron chi connectivity index (χ3n) is 5.69. The number of aromatic nitrogens is 1. The van der Waals surface area contributed by atoms with Crippen molar-refractivity contribution in [3.8, 4) is 5.75 Å². The van der Waals surface area contributed by atoms with Crippen molar-refractivity contribution in [2.24, 2.45) is 0 Å². The smallest absolute Gasteiger partial charge is 0.295 e. The Morgan fingerprint density at radius 2 is 1.74 bits per heavy atom. The summed E-state index contributed by atoms with van der Waals surface area (Å²) >= 11 is 0. The Morgan fingerprint density at radius 3 is 2.32 bits per heavy atom. The highest BCUT2D eigenvalue weighted by Gasteiger charge is 2.45. The molecule has 0 bridgehead atoms. The van der Waals surface area contributed by atoms with E-state index in [9.17, 15) is 14.7 Å². The van der Waals surface area contributed by atoms with E-state index in [0.717, 1.165) is 31.6 Å². The highest BCUT2D eigenvalue weighted by atomic mass is 16.5. The van der Waals surface area contributed by atoms with Crippen LogP contribution in [-0.4, -0.2) is 64.9 Å². The third-order valence-corrected chi connectivity index (χ3v) is 5.69. The lowest BCUT2D eigenvalue weighted by atomic mass is 9.96. The van der Waals surface area contributed by atoms with Crippen LogP contribution in [0.1, 0.15) is 37.4 Å². The molecule has 1 aliphatic heterocycles. The lowest BCUT2D eigenvalue weighted by Gasteiger charge is -2.26. The Balaban J connectivity index is 1.98. The van der Waals surface area contributed by atoms with Gasteiger partial charge in [0.15, 0.2) is 0 Å². The van der Waals surface area contributed by atoms with Gasteiger partial charge in [0.1, 0.15) is 11.5 Å². The molecule has 1 atom stereocenters. The lowest BCUT2D eigenvalue weighted by Crippen LogP contribution is -2.33. The van der Waals surface area contributed by atoms with Gasteiger partial charge in [-0.25, -0.2) is 0 Å². The second-order valence-electron chi connectivity index (χ2n) is 7.38. The van der Waals surface area contributed by atoms with E-state index in [-0.39, 0.29) is 11.3 Å². The van der Waals surface area contributed by atoms with E-state index < -0.39 is 17.7 Å². The number of aliphatic hydroxyl groups excluding tert-OH is 1. The van der Waals surface area contributed by atoms with Crippen molar-refractivity contribution in [1.82, 2.24) is 14.8 Å². The maximum atomic E-state index is 13.0. The molecule has 2 aromatic rings. The lowest BCUT2D eigenvalue weighted by molar-refractivity contribution is -0.140. The van der Waals surface area contributed by atoms with Crippen molar-refractivity contribution < 1.29 is 19.4 Å². The number of ketones is 1. The molecule has 7 nitrogen and oxygen atoms in total. The first-order valence-electron chi connectivity index (χ1n) is 10.6. The molecule has 1 aliphatic rings. The second-order valence-corrected chi connectivity index (χ2v) is 7.38. The van der Waals surface area contributed by atoms with Crippen molar-refractivity contribution >= 4 is 17.4 Å². The predicted octanol–water partition coefficient (Wildman–Crippen LogP) is 3.24. The molecule has 1 amide bonds. The van der Waals surface area contributed by atoms with Gasteiger partial charge >= 0.3 is 0 Å². The largest absolute Gasteiger partial charge is 0.507 e. The summed E-state index contributed by atoms with van der Waals surface area (Å²) in [4.78, 5) is 33.8. The third kappa shape index (κ3) is 4.77. The van der Waals surface area contributed by atoms with Crippen LogP contribution in [0.4, 0.5) is 0 Å². The van der Waals surface area contributed by atoms with Crippen LogP contribution >= 0.6 is 0 Å². The van der Waals surface area contributed by atoms with Crippen LogP contribution in [0.2, 0.25) is 0 Å². The van der Waals surface area contributed by atoms with Crippen LogP contribution in [0.3, 0.4) is 0 Å². The van der Waals surface area contributed by atoms with Crippen molar-refractivity contribution in [3.05, 3.63) is 65.5 Å². The Labute approximate surface area is 183 Å². The van der Waals surface area contributed by atoms with Crippen LogP contribution in [0, 0.1) is 0 Å². The highest BCUT2D eigenvalue weighted by molar-refractivity contribution is 6.46. The molecule has 0 radical (unpaired) electrons. The van der Waals surface area contributed by atoms with Crippen LogP contribution < -0.4 is 4.74 Å². The maximum Gasteiger partial charge on any atom is 0.295 e. The average Bonchev–Trinajstić information content (AvgIpc) is 3.07. The van der Waals surface area contributed by atoms with Crippen LogP contribution in [0.25, 0.3) is 5.76 Å². The molecule has 0 aliphatic carbocycles. The number of methoxy groups -OCH3 is 1. The van der Waals surface area contributed by atoms with Gasteiger partial charge in [-0.1, -0.05) is 13.8 Å². The SMILES string of the molecule is CCN(CC)CCCN1C(=O)C(=O)C(=C(O)c2ccc(OC)cc2)[C@@H]1c1ccncc1. The molecule has 1 aromatic heterocycles. The minimum absolute atomic E-state index is 0.101. The predicted molar refractivity (Wildman–Crippen MR) is 119 cm³/mol. The summed E-state index contributed by atoms with van der Waals surface area (Å²) in [5.41, 5.74) is 1.30. The van der Waals surface area contributed by atoms with Gasteiger partial charge in [0.25, 0.3) is 11.7 Å². The molecule has 1 N–H and O–H groups in total. The average molecular weight is 424 g/mol. The normalized spacial score (nSPS) is 18.1. The number of nitrogens with zero attached hydrogens (tertiary/aromatic N) is 3. The monoisotopic (exact) mass is 423 g/mol. The Morgan fingerprint density at radius 1 is 1.10 bits per heavy atom. The summed E-state index contributed by atoms with van der Waals surface area (Å²) in [6.07, 6.45) is 3.98. The molecule has 0 saturated carbocycles. The number of carbonyl (C=O) groups excluding carboxylic acids is 2. The van der Waals surface area contributed by atoms with Crippen LogP contribution in [-0.2, 0) is 9.59 Å². The Bertz CT molecular complexity index is 937. The molecule has 0 spiro atoms. The zero-order valence-corrected chi connectivity index (χ0v) is 18.2. The minimum atomic E-state index is -0.669. The van der Waals surface area contributed by atoms with E-state index in [4.69, 9.17) is 4.74 Å². The van der Waals surface area contributed by atoms with Crippen molar-refractivity contribution in [3.63, 3.8) is 0 Å². The van der Waals surface area contributed by atoms with Gasteiger partial charge in [-0.05, 0) is 68.0 Å². The van der Waals surface area contributed by atoms with Gasteiger partial charge in [0, 0.05) is 24.5 Å². The van der Waals surface area contributed by atoms with E-state index in [0.29, 0.717) is 17.9 Å². The van der Waals surface area contributed by atoms with Gasteiger partial charge in [-0.15, -0.1) is 0 Å². The fraction of sp³-hybridized carbons (Fsp3) is 0.375. The minimum Gasteiger partial charge on any atom is -0.507 e. The van der Waals surface area contributed by atoms with Crippen molar-refractivity contribution in [1.29, 1.82) is 0 Å². The van der Waals surface area contributed by atoms with Crippen molar-refractivity contribution in [2.75, 3.05) is 33.3 Å². The van der Waals surface area contributed by atoms with Gasteiger partial charge in [-0.3, -0.25) is 14.6 Å². The Hall–Kier alpha value is -3.19. The molecule has 164 valence electrons. The molecule has 3 rings (SSSR count). The molecule has 0 unspecified atom stereocenters. The van der Waals surface area contributed by atoms with Gasteiger partial charge in [0.2, 0.25) is 0 Å². The molecule has 1 aromatic carbocycles. The summed E-state index contributed by atoms with van der Waals surface area (Å²) in [6, 6.07) is 9.65. The summed E-state index contributed by atoms with van der Waals surface area (Å²) in [5.74, 6) is -0.803. The number of ether oxygens (including phenoxy) is 1. The zero-order chi connectivity index (χ0) is 22.4. The fourth-order valence-corrected chi connectivity index (χ4v) is 3.91.